The van der Waals surface area contributed by atoms with Crippen LogP contribution in [0.5, 0.6) is 0 Å². The highest BCUT2D eigenvalue weighted by Gasteiger charge is 2.14. The summed E-state index contributed by atoms with van der Waals surface area (Å²) in [6.07, 6.45) is 0.640. The van der Waals surface area contributed by atoms with Crippen molar-refractivity contribution in [3.8, 4) is 0 Å². The Balaban J connectivity index is 1.91. The first kappa shape index (κ1) is 19.0. The van der Waals surface area contributed by atoms with E-state index in [1.54, 1.807) is 12.1 Å². The van der Waals surface area contributed by atoms with Gasteiger partial charge >= 0.3 is 0 Å². The maximum absolute atomic E-state index is 12.3. The molecule has 0 amide bonds. The van der Waals surface area contributed by atoms with Crippen molar-refractivity contribution >= 4 is 21.6 Å². The van der Waals surface area contributed by atoms with E-state index in [4.69, 9.17) is 11.6 Å². The molecule has 0 atom stereocenters. The van der Waals surface area contributed by atoms with Crippen molar-refractivity contribution in [1.29, 1.82) is 0 Å². The molecule has 0 saturated carbocycles. The lowest BCUT2D eigenvalue weighted by Crippen LogP contribution is -2.25. The Hall–Kier alpha value is -1.37. The standard InChI is InChI=1S/C17H24ClN3O2S/c1-12(2)15-6-8-16(9-7-15)24(22,23)19-10-5-11-21-14(4)17(18)13(3)20-21/h6-9,12,19H,5,10-11H2,1-4H3. The van der Waals surface area contributed by atoms with Gasteiger partial charge in [-0.15, -0.1) is 0 Å². The summed E-state index contributed by atoms with van der Waals surface area (Å²) in [5.74, 6) is 0.377. The van der Waals surface area contributed by atoms with Gasteiger partial charge in [0.25, 0.3) is 0 Å². The summed E-state index contributed by atoms with van der Waals surface area (Å²) in [6, 6.07) is 7.02. The molecule has 5 nitrogen and oxygen atoms in total. The lowest BCUT2D eigenvalue weighted by Gasteiger charge is -2.09. The third kappa shape index (κ3) is 4.37. The fraction of sp³-hybridized carbons (Fsp3) is 0.471. The normalized spacial score (nSPS) is 12.1. The predicted molar refractivity (Wildman–Crippen MR) is 97.0 cm³/mol. The molecule has 2 rings (SSSR count). The highest BCUT2D eigenvalue weighted by atomic mass is 35.5. The van der Waals surface area contributed by atoms with Crippen LogP contribution in [0.15, 0.2) is 29.2 Å². The number of aromatic nitrogens is 2. The van der Waals surface area contributed by atoms with Crippen LogP contribution in [0.1, 0.15) is 43.1 Å². The molecule has 24 heavy (non-hydrogen) atoms. The third-order valence-electron chi connectivity index (χ3n) is 3.99. The molecule has 1 aromatic carbocycles. The fourth-order valence-corrected chi connectivity index (χ4v) is 3.65. The van der Waals surface area contributed by atoms with E-state index in [0.29, 0.717) is 35.3 Å². The minimum Gasteiger partial charge on any atom is -0.268 e. The number of hydrogen-bond donors (Lipinski definition) is 1. The quantitative estimate of drug-likeness (QED) is 0.757. The van der Waals surface area contributed by atoms with Crippen LogP contribution in [0.3, 0.4) is 0 Å². The molecular formula is C17H24ClN3O2S. The number of nitrogens with one attached hydrogen (secondary N) is 1. The molecule has 1 N–H and O–H groups in total. The molecule has 0 bridgehead atoms. The van der Waals surface area contributed by atoms with Crippen molar-refractivity contribution in [2.45, 2.75) is 51.5 Å². The lowest BCUT2D eigenvalue weighted by atomic mass is 10.0. The Labute approximate surface area is 149 Å². The molecule has 0 spiro atoms. The van der Waals surface area contributed by atoms with Crippen LogP contribution < -0.4 is 4.72 Å². The number of aryl methyl sites for hydroxylation is 2. The molecule has 2 aromatic rings. The molecule has 0 aliphatic rings. The van der Waals surface area contributed by atoms with Gasteiger partial charge in [0.05, 0.1) is 21.3 Å². The molecule has 0 aliphatic carbocycles. The van der Waals surface area contributed by atoms with Crippen LogP contribution in [0.2, 0.25) is 5.02 Å². The Morgan fingerprint density at radius 1 is 1.21 bits per heavy atom. The maximum atomic E-state index is 12.3. The van der Waals surface area contributed by atoms with E-state index in [1.165, 1.54) is 0 Å². The molecular weight excluding hydrogens is 346 g/mol. The molecule has 0 unspecified atom stereocenters. The maximum Gasteiger partial charge on any atom is 0.240 e. The van der Waals surface area contributed by atoms with Gasteiger partial charge in [0.1, 0.15) is 0 Å². The lowest BCUT2D eigenvalue weighted by molar-refractivity contribution is 0.544. The van der Waals surface area contributed by atoms with Crippen molar-refractivity contribution in [1.82, 2.24) is 14.5 Å². The van der Waals surface area contributed by atoms with Crippen molar-refractivity contribution in [3.63, 3.8) is 0 Å². The van der Waals surface area contributed by atoms with Crippen LogP contribution in [-0.2, 0) is 16.6 Å². The molecule has 0 saturated heterocycles. The second kappa shape index (κ2) is 7.68. The summed E-state index contributed by atoms with van der Waals surface area (Å²) >= 11 is 6.10. The number of nitrogens with zero attached hydrogens (tertiary/aromatic N) is 2. The second-order valence-corrected chi connectivity index (χ2v) is 8.33. The van der Waals surface area contributed by atoms with Gasteiger partial charge in [-0.2, -0.15) is 5.10 Å². The molecule has 0 fully saturated rings. The highest BCUT2D eigenvalue weighted by molar-refractivity contribution is 7.89. The first-order valence-corrected chi connectivity index (χ1v) is 9.87. The van der Waals surface area contributed by atoms with Crippen LogP contribution in [0.25, 0.3) is 0 Å². The Kier molecular flexibility index (Phi) is 6.06. The van der Waals surface area contributed by atoms with Crippen molar-refractivity contribution in [2.24, 2.45) is 0 Å². The van der Waals surface area contributed by atoms with Crippen LogP contribution in [0.4, 0.5) is 0 Å². The zero-order valence-corrected chi connectivity index (χ0v) is 16.1. The first-order chi connectivity index (χ1) is 11.2. The van der Waals surface area contributed by atoms with E-state index < -0.39 is 10.0 Å². The van der Waals surface area contributed by atoms with Crippen LogP contribution in [-0.4, -0.2) is 24.7 Å². The summed E-state index contributed by atoms with van der Waals surface area (Å²) in [7, 11) is -3.48. The van der Waals surface area contributed by atoms with Crippen LogP contribution >= 0.6 is 11.6 Å². The number of hydrogen-bond acceptors (Lipinski definition) is 3. The van der Waals surface area contributed by atoms with Crippen LogP contribution in [0, 0.1) is 13.8 Å². The molecule has 132 valence electrons. The number of benzene rings is 1. The predicted octanol–water partition coefficient (Wildman–Crippen LogP) is 3.65. The number of halogens is 1. The summed E-state index contributed by atoms with van der Waals surface area (Å²) in [6.45, 7) is 8.89. The monoisotopic (exact) mass is 369 g/mol. The largest absolute Gasteiger partial charge is 0.268 e. The highest BCUT2D eigenvalue weighted by Crippen LogP contribution is 2.19. The summed E-state index contributed by atoms with van der Waals surface area (Å²) < 4.78 is 29.0. The minimum atomic E-state index is -3.48. The van der Waals surface area contributed by atoms with Crippen molar-refractivity contribution in [2.75, 3.05) is 6.54 Å². The van der Waals surface area contributed by atoms with Gasteiger partial charge in [-0.1, -0.05) is 37.6 Å². The van der Waals surface area contributed by atoms with Gasteiger partial charge in [0.2, 0.25) is 10.0 Å². The molecule has 1 aromatic heterocycles. The van der Waals surface area contributed by atoms with Gasteiger partial charge in [0, 0.05) is 13.1 Å². The minimum absolute atomic E-state index is 0.293. The van der Waals surface area contributed by atoms with Crippen molar-refractivity contribution < 1.29 is 8.42 Å². The van der Waals surface area contributed by atoms with E-state index in [1.807, 2.05) is 30.7 Å². The Morgan fingerprint density at radius 3 is 2.33 bits per heavy atom. The third-order valence-corrected chi connectivity index (χ3v) is 6.01. The molecule has 0 radical (unpaired) electrons. The Bertz CT molecular complexity index is 796. The zero-order chi connectivity index (χ0) is 17.9. The summed E-state index contributed by atoms with van der Waals surface area (Å²) in [5.41, 5.74) is 2.82. The van der Waals surface area contributed by atoms with E-state index in [9.17, 15) is 8.42 Å². The number of rotatable bonds is 7. The van der Waals surface area contributed by atoms with Gasteiger partial charge in [-0.05, 0) is 43.9 Å². The first-order valence-electron chi connectivity index (χ1n) is 8.01. The summed E-state index contributed by atoms with van der Waals surface area (Å²) in [5, 5.41) is 5.00. The SMILES string of the molecule is Cc1nn(CCCNS(=O)(=O)c2ccc(C(C)C)cc2)c(C)c1Cl. The number of sulfonamides is 1. The summed E-state index contributed by atoms with van der Waals surface area (Å²) in [4.78, 5) is 0.293. The molecule has 0 aliphatic heterocycles. The zero-order valence-electron chi connectivity index (χ0n) is 14.5. The smallest absolute Gasteiger partial charge is 0.240 e. The van der Waals surface area contributed by atoms with Gasteiger partial charge in [0.15, 0.2) is 0 Å². The second-order valence-electron chi connectivity index (χ2n) is 6.18. The average molecular weight is 370 g/mol. The van der Waals surface area contributed by atoms with E-state index >= 15 is 0 Å². The van der Waals surface area contributed by atoms with E-state index in [0.717, 1.165) is 17.0 Å². The van der Waals surface area contributed by atoms with E-state index in [-0.39, 0.29) is 0 Å². The fourth-order valence-electron chi connectivity index (χ4n) is 2.44. The van der Waals surface area contributed by atoms with Gasteiger partial charge in [-0.3, -0.25) is 4.68 Å². The van der Waals surface area contributed by atoms with E-state index in [2.05, 4.69) is 23.7 Å². The van der Waals surface area contributed by atoms with Gasteiger partial charge in [-0.25, -0.2) is 13.1 Å². The molecule has 7 heteroatoms. The van der Waals surface area contributed by atoms with Gasteiger partial charge < -0.3 is 0 Å². The average Bonchev–Trinajstić information content (AvgIpc) is 2.79. The topological polar surface area (TPSA) is 64.0 Å². The van der Waals surface area contributed by atoms with Crippen molar-refractivity contribution in [3.05, 3.63) is 46.2 Å². The Morgan fingerprint density at radius 2 is 1.83 bits per heavy atom. The molecule has 1 heterocycles.